The minimum absolute atomic E-state index is 0.596. The summed E-state index contributed by atoms with van der Waals surface area (Å²) in [4.78, 5) is 5.12. The van der Waals surface area contributed by atoms with Gasteiger partial charge in [-0.1, -0.05) is 24.4 Å². The second-order valence-corrected chi connectivity index (χ2v) is 2.22. The molecule has 0 spiro atoms. The summed E-state index contributed by atoms with van der Waals surface area (Å²) in [5.74, 6) is 0. The number of allylic oxidation sites excluding steroid dienone is 1. The molecule has 3 heteroatoms. The van der Waals surface area contributed by atoms with Gasteiger partial charge in [0.05, 0.1) is 4.86 Å². The first-order valence-electron chi connectivity index (χ1n) is 2.09. The third-order valence-electron chi connectivity index (χ3n) is 0.709. The van der Waals surface area contributed by atoms with Crippen LogP contribution < -0.4 is 0 Å². The highest BCUT2D eigenvalue weighted by Crippen LogP contribution is 1.91. The van der Waals surface area contributed by atoms with Gasteiger partial charge in [0.25, 0.3) is 0 Å². The van der Waals surface area contributed by atoms with Crippen molar-refractivity contribution in [1.82, 2.24) is 0 Å². The van der Waals surface area contributed by atoms with Gasteiger partial charge in [0.2, 0.25) is 0 Å². The van der Waals surface area contributed by atoms with Crippen molar-refractivity contribution in [2.24, 2.45) is 4.99 Å². The van der Waals surface area contributed by atoms with Gasteiger partial charge >= 0.3 is 0 Å². The minimum Gasteiger partial charge on any atom is -0.244 e. The zero-order valence-corrected chi connectivity index (χ0v) is 5.63. The molecule has 1 aliphatic rings. The van der Waals surface area contributed by atoms with Gasteiger partial charge in [-0.25, -0.2) is 4.99 Å². The molecule has 0 saturated carbocycles. The molecule has 1 heterocycles. The van der Waals surface area contributed by atoms with E-state index in [-0.39, 0.29) is 0 Å². The van der Waals surface area contributed by atoms with Gasteiger partial charge in [-0.3, -0.25) is 0 Å². The van der Waals surface area contributed by atoms with E-state index in [1.54, 1.807) is 18.4 Å². The van der Waals surface area contributed by atoms with E-state index in [2.05, 4.69) is 4.99 Å². The molecular weight excluding hydrogens is 138 g/mol. The summed E-state index contributed by atoms with van der Waals surface area (Å²) in [7, 11) is 0. The summed E-state index contributed by atoms with van der Waals surface area (Å²) in [5.41, 5.74) is 0. The van der Waals surface area contributed by atoms with Gasteiger partial charge in [-0.15, -0.1) is 0 Å². The van der Waals surface area contributed by atoms with Crippen LogP contribution in [-0.4, -0.2) is 16.1 Å². The zero-order chi connectivity index (χ0) is 5.98. The Morgan fingerprint density at radius 3 is 2.38 bits per heavy atom. The standard InChI is InChI=1S/C5H3NS2/c7-4-1-2-5(8)6-3-4/h1-3H. The van der Waals surface area contributed by atoms with Gasteiger partial charge in [0, 0.05) is 6.21 Å². The first-order valence-corrected chi connectivity index (χ1v) is 2.91. The minimum atomic E-state index is 0.596. The average molecular weight is 141 g/mol. The van der Waals surface area contributed by atoms with Crippen LogP contribution in [0.2, 0.25) is 0 Å². The van der Waals surface area contributed by atoms with Crippen LogP contribution in [-0.2, 0) is 0 Å². The highest BCUT2D eigenvalue weighted by atomic mass is 32.1. The van der Waals surface area contributed by atoms with Crippen molar-refractivity contribution < 1.29 is 0 Å². The average Bonchev–Trinajstić information content (AvgIpc) is 1.77. The highest BCUT2D eigenvalue weighted by Gasteiger charge is 1.92. The van der Waals surface area contributed by atoms with Crippen molar-refractivity contribution in [2.45, 2.75) is 0 Å². The third kappa shape index (κ3) is 1.28. The summed E-state index contributed by atoms with van der Waals surface area (Å²) < 4.78 is 0. The fourth-order valence-electron chi connectivity index (χ4n) is 0.367. The molecule has 0 aromatic carbocycles. The van der Waals surface area contributed by atoms with Crippen molar-refractivity contribution >= 4 is 40.5 Å². The Bertz CT molecular complexity index is 153. The van der Waals surface area contributed by atoms with Crippen LogP contribution >= 0.6 is 24.4 Å². The van der Waals surface area contributed by atoms with E-state index < -0.39 is 0 Å². The van der Waals surface area contributed by atoms with E-state index in [4.69, 9.17) is 24.4 Å². The van der Waals surface area contributed by atoms with E-state index in [0.717, 1.165) is 4.86 Å². The molecule has 1 aliphatic heterocycles. The Balaban J connectivity index is 2.83. The van der Waals surface area contributed by atoms with Crippen LogP contribution in [0.25, 0.3) is 0 Å². The summed E-state index contributed by atoms with van der Waals surface area (Å²) in [6, 6.07) is 0. The number of thiocarbonyl (C=S) groups is 2. The van der Waals surface area contributed by atoms with Gasteiger partial charge in [-0.2, -0.15) is 0 Å². The maximum absolute atomic E-state index is 4.76. The van der Waals surface area contributed by atoms with Crippen LogP contribution in [0, 0.1) is 0 Å². The predicted molar refractivity (Wildman–Crippen MR) is 42.8 cm³/mol. The summed E-state index contributed by atoms with van der Waals surface area (Å²) >= 11 is 9.48. The molecule has 1 rings (SSSR count). The van der Waals surface area contributed by atoms with Gasteiger partial charge < -0.3 is 0 Å². The molecule has 0 fully saturated rings. The van der Waals surface area contributed by atoms with Crippen LogP contribution in [0.4, 0.5) is 0 Å². The van der Waals surface area contributed by atoms with E-state index in [0.29, 0.717) is 4.99 Å². The molecule has 8 heavy (non-hydrogen) atoms. The van der Waals surface area contributed by atoms with Crippen molar-refractivity contribution in [2.75, 3.05) is 0 Å². The highest BCUT2D eigenvalue weighted by molar-refractivity contribution is 7.82. The summed E-state index contributed by atoms with van der Waals surface area (Å²) in [5, 5.41) is 0. The normalized spacial score (nSPS) is 17.5. The lowest BCUT2D eigenvalue weighted by Crippen LogP contribution is -1.99. The molecule has 0 amide bonds. The number of rotatable bonds is 0. The van der Waals surface area contributed by atoms with E-state index in [1.165, 1.54) is 0 Å². The summed E-state index contributed by atoms with van der Waals surface area (Å²) in [6.45, 7) is 0. The Morgan fingerprint density at radius 1 is 1.25 bits per heavy atom. The largest absolute Gasteiger partial charge is 0.244 e. The predicted octanol–water partition coefficient (Wildman–Crippen LogP) is 1.32. The second kappa shape index (κ2) is 2.24. The Labute approximate surface area is 58.1 Å². The lowest BCUT2D eigenvalue weighted by atomic mass is 10.3. The number of hydrogen-bond acceptors (Lipinski definition) is 2. The molecule has 0 unspecified atom stereocenters. The zero-order valence-electron chi connectivity index (χ0n) is 4.00. The molecule has 0 aromatic rings. The maximum Gasteiger partial charge on any atom is 0.126 e. The number of dihydropyridines is 1. The van der Waals surface area contributed by atoms with Crippen LogP contribution in [0.3, 0.4) is 0 Å². The molecular formula is C5H3NS2. The fraction of sp³-hybridized carbons (Fsp3) is 0. The number of aliphatic imine (C=N–C) groups is 1. The summed E-state index contributed by atoms with van der Waals surface area (Å²) in [6.07, 6.45) is 5.07. The molecule has 0 aliphatic carbocycles. The van der Waals surface area contributed by atoms with Crippen molar-refractivity contribution in [3.05, 3.63) is 12.2 Å². The van der Waals surface area contributed by atoms with E-state index in [9.17, 15) is 0 Å². The lowest BCUT2D eigenvalue weighted by Gasteiger charge is -1.92. The molecule has 0 saturated heterocycles. The van der Waals surface area contributed by atoms with Gasteiger partial charge in [0.1, 0.15) is 4.99 Å². The molecule has 1 nitrogen and oxygen atoms in total. The van der Waals surface area contributed by atoms with Gasteiger partial charge in [-0.05, 0) is 12.2 Å². The topological polar surface area (TPSA) is 12.4 Å². The van der Waals surface area contributed by atoms with E-state index >= 15 is 0 Å². The molecule has 0 N–H and O–H groups in total. The van der Waals surface area contributed by atoms with Gasteiger partial charge in [0.15, 0.2) is 0 Å². The second-order valence-electron chi connectivity index (χ2n) is 1.33. The van der Waals surface area contributed by atoms with Crippen LogP contribution in [0.1, 0.15) is 0 Å². The number of nitrogens with zero attached hydrogens (tertiary/aromatic N) is 1. The maximum atomic E-state index is 4.76. The quantitative estimate of drug-likeness (QED) is 0.472. The van der Waals surface area contributed by atoms with E-state index in [1.807, 2.05) is 0 Å². The molecule has 0 bridgehead atoms. The molecule has 40 valence electrons. The van der Waals surface area contributed by atoms with Crippen LogP contribution in [0.15, 0.2) is 17.1 Å². The fourth-order valence-corrected chi connectivity index (χ4v) is 0.608. The first-order chi connectivity index (χ1) is 3.79. The lowest BCUT2D eigenvalue weighted by molar-refractivity contribution is 1.80. The van der Waals surface area contributed by atoms with Crippen molar-refractivity contribution in [3.63, 3.8) is 0 Å². The first kappa shape index (κ1) is 5.72. The number of hydrogen-bond donors (Lipinski definition) is 0. The molecule has 0 aromatic heterocycles. The smallest absolute Gasteiger partial charge is 0.126 e. The SMILES string of the molecule is S=C1C=CC(=S)N=C1. The molecule has 0 atom stereocenters. The third-order valence-corrected chi connectivity index (χ3v) is 1.19. The Hall–Kier alpha value is -0.410. The van der Waals surface area contributed by atoms with Crippen LogP contribution in [0.5, 0.6) is 0 Å². The molecule has 0 radical (unpaired) electrons. The van der Waals surface area contributed by atoms with Crippen molar-refractivity contribution in [1.29, 1.82) is 0 Å². The monoisotopic (exact) mass is 141 g/mol. The van der Waals surface area contributed by atoms with Crippen molar-refractivity contribution in [3.8, 4) is 0 Å². The Morgan fingerprint density at radius 2 is 2.00 bits per heavy atom. The Kier molecular flexibility index (Phi) is 1.60.